The minimum Gasteiger partial charge on any atom is -0.214 e. The van der Waals surface area contributed by atoms with Gasteiger partial charge in [-0.1, -0.05) is 5.56 Å². The first-order valence-corrected chi connectivity index (χ1v) is 8.32. The van der Waals surface area contributed by atoms with Gasteiger partial charge in [0.25, 0.3) is 0 Å². The number of hydrogen-bond donors (Lipinski definition) is 0. The summed E-state index contributed by atoms with van der Waals surface area (Å²) < 4.78 is 35.3. The Balaban J connectivity index is 0.000000309. The molecule has 0 saturated carbocycles. The van der Waals surface area contributed by atoms with Gasteiger partial charge in [0.15, 0.2) is 0 Å². The second-order valence-electron chi connectivity index (χ2n) is 3.70. The third-order valence-corrected chi connectivity index (χ3v) is 2.13. The van der Waals surface area contributed by atoms with Gasteiger partial charge in [-0.25, -0.2) is 24.3 Å². The summed E-state index contributed by atoms with van der Waals surface area (Å²) in [7, 11) is 4.64. The molecule has 0 radical (unpaired) electrons. The van der Waals surface area contributed by atoms with Gasteiger partial charge in [0, 0.05) is 0 Å². The maximum atomic E-state index is 11.8. The van der Waals surface area contributed by atoms with Gasteiger partial charge >= 0.3 is 34.9 Å². The van der Waals surface area contributed by atoms with Crippen LogP contribution in [-0.2, 0) is 25.6 Å². The van der Waals surface area contributed by atoms with Crippen LogP contribution in [0.5, 0.6) is 0 Å². The first-order valence-electron chi connectivity index (χ1n) is 6.17. The normalized spacial score (nSPS) is 9.18. The smallest absolute Gasteiger partial charge is 0.172 e. The van der Waals surface area contributed by atoms with Crippen LogP contribution in [0.4, 0.5) is 13.2 Å². The molecule has 3 rings (SSSR count). The zero-order valence-corrected chi connectivity index (χ0v) is 13.9. The largest absolute Gasteiger partial charge is 0.214 e. The molecule has 5 heteroatoms. The SMILES string of the molecule is FC(F)(F)c1[c-]cccc1.[Cl][Ti+3].c1cc[cH-]c1.c1cc[cH-]c1. The molecule has 0 fully saturated rings. The first-order chi connectivity index (χ1) is 10.6. The van der Waals surface area contributed by atoms with Crippen molar-refractivity contribution < 1.29 is 32.5 Å². The van der Waals surface area contributed by atoms with Crippen LogP contribution in [-0.4, -0.2) is 0 Å². The summed E-state index contributed by atoms with van der Waals surface area (Å²) in [5, 5.41) is 0. The van der Waals surface area contributed by atoms with Gasteiger partial charge in [-0.2, -0.15) is 79.9 Å². The Morgan fingerprint density at radius 2 is 1.27 bits per heavy atom. The Bertz CT molecular complexity index is 456. The van der Waals surface area contributed by atoms with Crippen molar-refractivity contribution in [1.29, 1.82) is 0 Å². The van der Waals surface area contributed by atoms with Gasteiger partial charge in [-0.15, -0.1) is 0 Å². The second-order valence-corrected chi connectivity index (χ2v) is 3.70. The van der Waals surface area contributed by atoms with Crippen LogP contribution < -0.4 is 0 Å². The Hall–Kier alpha value is -1.29. The molecule has 0 aliphatic rings. The fourth-order valence-electron chi connectivity index (χ4n) is 1.21. The Morgan fingerprint density at radius 3 is 1.45 bits per heavy atom. The second kappa shape index (κ2) is 13.4. The first kappa shape index (κ1) is 20.7. The fraction of sp³-hybridized carbons (Fsp3) is 0.0588. The molecule has 114 valence electrons. The predicted molar refractivity (Wildman–Crippen MR) is 80.2 cm³/mol. The van der Waals surface area contributed by atoms with E-state index in [-0.39, 0.29) is 0 Å². The maximum absolute atomic E-state index is 11.8. The molecule has 0 N–H and O–H groups in total. The van der Waals surface area contributed by atoms with Gasteiger partial charge < -0.3 is 0 Å². The van der Waals surface area contributed by atoms with Crippen LogP contribution in [0.3, 0.4) is 0 Å². The molecule has 3 aromatic carbocycles. The van der Waals surface area contributed by atoms with E-state index in [9.17, 15) is 13.2 Å². The minimum absolute atomic E-state index is 0.727. The topological polar surface area (TPSA) is 0 Å². The van der Waals surface area contributed by atoms with Crippen molar-refractivity contribution in [3.63, 3.8) is 0 Å². The van der Waals surface area contributed by atoms with Crippen molar-refractivity contribution in [1.82, 2.24) is 0 Å². The molecule has 22 heavy (non-hydrogen) atoms. The predicted octanol–water partition coefficient (Wildman–Crippen LogP) is 6.00. The standard InChI is InChI=1S/C7H4F3.2C5H5.ClH.Ti/c8-7(9,10)6-4-2-1-3-5-6;2*1-2-4-5-3-1;;/h1-4H;2*1-5H;1H;/q3*-1;;+4/p-1. The molecular weight excluding hydrogens is 345 g/mol. The van der Waals surface area contributed by atoms with Crippen LogP contribution in [0, 0.1) is 6.07 Å². The van der Waals surface area contributed by atoms with Crippen molar-refractivity contribution in [2.45, 2.75) is 6.18 Å². The van der Waals surface area contributed by atoms with E-state index < -0.39 is 11.7 Å². The number of halogens is 4. The molecule has 0 bridgehead atoms. The van der Waals surface area contributed by atoms with Crippen molar-refractivity contribution in [2.75, 3.05) is 0 Å². The average Bonchev–Trinajstić information content (AvgIpc) is 3.27. The van der Waals surface area contributed by atoms with E-state index in [4.69, 9.17) is 0 Å². The van der Waals surface area contributed by atoms with E-state index in [0.29, 0.717) is 0 Å². The Morgan fingerprint density at radius 1 is 0.818 bits per heavy atom. The summed E-state index contributed by atoms with van der Waals surface area (Å²) in [6.45, 7) is 0. The van der Waals surface area contributed by atoms with E-state index in [2.05, 4.69) is 15.4 Å². The van der Waals surface area contributed by atoms with Crippen molar-refractivity contribution in [3.8, 4) is 0 Å². The van der Waals surface area contributed by atoms with Gasteiger partial charge in [0.05, 0.1) is 0 Å². The Labute approximate surface area is 144 Å². The van der Waals surface area contributed by atoms with Gasteiger partial charge in [0.1, 0.15) is 0 Å². The summed E-state index contributed by atoms with van der Waals surface area (Å²) >= 11 is 1.47. The molecule has 0 nitrogen and oxygen atoms in total. The molecule has 0 amide bonds. The molecule has 0 unspecified atom stereocenters. The van der Waals surface area contributed by atoms with Crippen molar-refractivity contribution in [2.24, 2.45) is 0 Å². The monoisotopic (exact) mass is 358 g/mol. The molecule has 0 saturated heterocycles. The summed E-state index contributed by atoms with van der Waals surface area (Å²) in [4.78, 5) is 0. The van der Waals surface area contributed by atoms with Gasteiger partial charge in [0.2, 0.25) is 0 Å². The van der Waals surface area contributed by atoms with E-state index in [1.54, 1.807) is 0 Å². The summed E-state index contributed by atoms with van der Waals surface area (Å²) in [6.07, 6.45) is -4.26. The van der Waals surface area contributed by atoms with Crippen LogP contribution >= 0.6 is 9.30 Å². The van der Waals surface area contributed by atoms with E-state index >= 15 is 0 Å². The van der Waals surface area contributed by atoms with E-state index in [0.717, 1.165) is 6.07 Å². The van der Waals surface area contributed by atoms with Gasteiger partial charge in [-0.3, -0.25) is 0 Å². The summed E-state index contributed by atoms with van der Waals surface area (Å²) in [6, 6.07) is 27.1. The summed E-state index contributed by atoms with van der Waals surface area (Å²) in [5.41, 5.74) is -0.727. The fourth-order valence-corrected chi connectivity index (χ4v) is 1.21. The van der Waals surface area contributed by atoms with Crippen LogP contribution in [0.1, 0.15) is 5.56 Å². The quantitative estimate of drug-likeness (QED) is 0.341. The van der Waals surface area contributed by atoms with Crippen molar-refractivity contribution in [3.05, 3.63) is 96.6 Å². The zero-order valence-electron chi connectivity index (χ0n) is 11.6. The van der Waals surface area contributed by atoms with Crippen LogP contribution in [0.25, 0.3) is 0 Å². The molecule has 0 spiro atoms. The zero-order chi connectivity index (χ0) is 16.7. The molecule has 0 aliphatic heterocycles. The number of alkyl halides is 3. The van der Waals surface area contributed by atoms with Crippen LogP contribution in [0.2, 0.25) is 0 Å². The van der Waals surface area contributed by atoms with Crippen LogP contribution in [0.15, 0.2) is 84.9 Å². The van der Waals surface area contributed by atoms with Crippen molar-refractivity contribution >= 4 is 9.30 Å². The number of rotatable bonds is 0. The number of hydrogen-bond acceptors (Lipinski definition) is 0. The molecule has 0 heterocycles. The maximum Gasteiger partial charge on any atom is -0.172 e. The molecule has 0 atom stereocenters. The molecule has 0 aromatic heterocycles. The van der Waals surface area contributed by atoms with E-state index in [1.165, 1.54) is 37.6 Å². The van der Waals surface area contributed by atoms with E-state index in [1.807, 2.05) is 60.7 Å². The Kier molecular flexibility index (Phi) is 12.6. The number of benzene rings is 1. The summed E-state index contributed by atoms with van der Waals surface area (Å²) in [5.74, 6) is 0. The minimum atomic E-state index is -4.26. The molecule has 3 aromatic rings. The average molecular weight is 359 g/mol. The third kappa shape index (κ3) is 11.4. The third-order valence-electron chi connectivity index (χ3n) is 2.13. The van der Waals surface area contributed by atoms with Gasteiger partial charge in [-0.05, 0) is 0 Å². The molecular formula is C17H14ClF3Ti. The molecule has 0 aliphatic carbocycles.